The van der Waals surface area contributed by atoms with Gasteiger partial charge in [-0.2, -0.15) is 0 Å². The third kappa shape index (κ3) is 6.04. The normalized spacial score (nSPS) is 18.6. The number of hydrogen-bond acceptors (Lipinski definition) is 5. The average Bonchev–Trinajstić information content (AvgIpc) is 3.17. The summed E-state index contributed by atoms with van der Waals surface area (Å²) in [5, 5.41) is 8.70. The maximum absolute atomic E-state index is 12.5. The van der Waals surface area contributed by atoms with Crippen molar-refractivity contribution in [3.63, 3.8) is 0 Å². The predicted octanol–water partition coefficient (Wildman–Crippen LogP) is 3.12. The molecule has 0 bridgehead atoms. The molecule has 2 saturated heterocycles. The van der Waals surface area contributed by atoms with Gasteiger partial charge in [0.15, 0.2) is 5.13 Å². The lowest BCUT2D eigenvalue weighted by Gasteiger charge is -2.38. The molecule has 1 aromatic heterocycles. The lowest BCUT2D eigenvalue weighted by atomic mass is 9.78. The Kier molecular flexibility index (Phi) is 8.53. The quantitative estimate of drug-likeness (QED) is 0.762. The highest BCUT2D eigenvalue weighted by atomic mass is 35.5. The number of likely N-dealkylation sites (tertiary alicyclic amines) is 1. The Bertz CT molecular complexity index is 644. The maximum atomic E-state index is 12.5. The lowest BCUT2D eigenvalue weighted by molar-refractivity contribution is -0.132. The number of carbonyl (C=O) groups excluding carboxylic acids is 2. The van der Waals surface area contributed by atoms with Crippen LogP contribution in [-0.4, -0.2) is 47.9 Å². The molecular weight excluding hydrogens is 407 g/mol. The van der Waals surface area contributed by atoms with Crippen molar-refractivity contribution < 1.29 is 9.59 Å². The van der Waals surface area contributed by atoms with Crippen LogP contribution in [0.2, 0.25) is 0 Å². The second kappa shape index (κ2) is 9.54. The predicted molar refractivity (Wildman–Crippen MR) is 114 cm³/mol. The van der Waals surface area contributed by atoms with Crippen molar-refractivity contribution in [1.82, 2.24) is 15.2 Å². The van der Waals surface area contributed by atoms with E-state index in [2.05, 4.69) is 15.6 Å². The summed E-state index contributed by atoms with van der Waals surface area (Å²) in [5.74, 6) is 0.0750. The molecule has 0 saturated carbocycles. The van der Waals surface area contributed by atoms with Crippen molar-refractivity contribution >= 4 is 53.1 Å². The van der Waals surface area contributed by atoms with E-state index >= 15 is 0 Å². The van der Waals surface area contributed by atoms with Crippen LogP contribution < -0.4 is 10.6 Å². The fraction of sp³-hybridized carbons (Fsp3) is 0.722. The van der Waals surface area contributed by atoms with Gasteiger partial charge in [0.25, 0.3) is 0 Å². The van der Waals surface area contributed by atoms with Gasteiger partial charge in [-0.25, -0.2) is 4.98 Å². The van der Waals surface area contributed by atoms with Crippen LogP contribution in [0.4, 0.5) is 5.13 Å². The molecule has 2 aliphatic heterocycles. The molecule has 3 heterocycles. The number of nitrogens with one attached hydrogen (secondary N) is 2. The molecule has 2 fully saturated rings. The first kappa shape index (κ1) is 24.1. The molecule has 6 nitrogen and oxygen atoms in total. The Balaban J connectivity index is 0.00000182. The summed E-state index contributed by atoms with van der Waals surface area (Å²) in [4.78, 5) is 30.9. The number of hydrogen-bond donors (Lipinski definition) is 2. The Labute approximate surface area is 177 Å². The fourth-order valence-electron chi connectivity index (χ4n) is 3.45. The number of amides is 2. The summed E-state index contributed by atoms with van der Waals surface area (Å²) < 4.78 is 0. The highest BCUT2D eigenvalue weighted by Gasteiger charge is 2.38. The number of anilines is 1. The van der Waals surface area contributed by atoms with E-state index in [1.165, 1.54) is 17.8 Å². The molecule has 0 aromatic carbocycles. The summed E-state index contributed by atoms with van der Waals surface area (Å²) >= 11 is 1.38. The Morgan fingerprint density at radius 3 is 2.48 bits per heavy atom. The highest BCUT2D eigenvalue weighted by Crippen LogP contribution is 2.37. The molecule has 0 atom stereocenters. The zero-order valence-electron chi connectivity index (χ0n) is 16.2. The Morgan fingerprint density at radius 2 is 1.93 bits per heavy atom. The van der Waals surface area contributed by atoms with Gasteiger partial charge in [0, 0.05) is 30.4 Å². The zero-order valence-corrected chi connectivity index (χ0v) is 18.6. The number of rotatable bonds is 3. The van der Waals surface area contributed by atoms with Crippen LogP contribution in [0.25, 0.3) is 0 Å². The molecular formula is C18H30Cl2N4O2S. The van der Waals surface area contributed by atoms with Crippen LogP contribution in [0.1, 0.15) is 45.7 Å². The molecule has 2 amide bonds. The first-order valence-corrected chi connectivity index (χ1v) is 9.90. The van der Waals surface area contributed by atoms with E-state index in [4.69, 9.17) is 0 Å². The molecule has 2 N–H and O–H groups in total. The van der Waals surface area contributed by atoms with Gasteiger partial charge in [-0.15, -0.1) is 36.2 Å². The molecule has 0 unspecified atom stereocenters. The largest absolute Gasteiger partial charge is 0.342 e. The highest BCUT2D eigenvalue weighted by molar-refractivity contribution is 7.13. The monoisotopic (exact) mass is 436 g/mol. The van der Waals surface area contributed by atoms with Crippen molar-refractivity contribution in [2.45, 2.75) is 46.5 Å². The Morgan fingerprint density at radius 1 is 1.26 bits per heavy atom. The summed E-state index contributed by atoms with van der Waals surface area (Å²) in [6.45, 7) is 9.49. The zero-order chi connectivity index (χ0) is 18.1. The first-order chi connectivity index (χ1) is 11.8. The standard InChI is InChI=1S/C18H28N4O2S.2ClH/c1-17(2,3)15(24)21-16-20-13(11-25-16)10-14(23)22-8-5-18(6-9-22)4-7-19-12-18;;/h11,19H,4-10,12H2,1-3H3,(H,20,21,24);2*1H. The first-order valence-electron chi connectivity index (χ1n) is 9.02. The van der Waals surface area contributed by atoms with E-state index in [-0.39, 0.29) is 36.6 Å². The van der Waals surface area contributed by atoms with Gasteiger partial charge >= 0.3 is 0 Å². The van der Waals surface area contributed by atoms with Gasteiger partial charge in [0.05, 0.1) is 12.1 Å². The maximum Gasteiger partial charge on any atom is 0.231 e. The molecule has 154 valence electrons. The molecule has 3 rings (SSSR count). The van der Waals surface area contributed by atoms with E-state index in [1.807, 2.05) is 31.1 Å². The molecule has 0 radical (unpaired) electrons. The third-order valence-electron chi connectivity index (χ3n) is 5.29. The minimum Gasteiger partial charge on any atom is -0.342 e. The Hall–Kier alpha value is -0.890. The van der Waals surface area contributed by atoms with E-state index in [9.17, 15) is 9.59 Å². The second-order valence-corrected chi connectivity index (χ2v) is 9.19. The lowest BCUT2D eigenvalue weighted by Crippen LogP contribution is -2.44. The molecule has 9 heteroatoms. The van der Waals surface area contributed by atoms with E-state index in [0.29, 0.717) is 17.0 Å². The van der Waals surface area contributed by atoms with Gasteiger partial charge in [-0.05, 0) is 31.2 Å². The van der Waals surface area contributed by atoms with Crippen LogP contribution in [0.3, 0.4) is 0 Å². The van der Waals surface area contributed by atoms with E-state index in [0.717, 1.165) is 44.7 Å². The summed E-state index contributed by atoms with van der Waals surface area (Å²) in [6.07, 6.45) is 3.73. The number of carbonyl (C=O) groups is 2. The van der Waals surface area contributed by atoms with Crippen LogP contribution in [0, 0.1) is 10.8 Å². The fourth-order valence-corrected chi connectivity index (χ4v) is 4.15. The van der Waals surface area contributed by atoms with Gasteiger partial charge in [0.2, 0.25) is 11.8 Å². The molecule has 1 spiro atoms. The van der Waals surface area contributed by atoms with Crippen molar-refractivity contribution in [2.75, 3.05) is 31.5 Å². The van der Waals surface area contributed by atoms with E-state index < -0.39 is 5.41 Å². The SMILES string of the molecule is CC(C)(C)C(=O)Nc1nc(CC(=O)N2CCC3(CCNC3)CC2)cs1.Cl.Cl. The van der Waals surface area contributed by atoms with Crippen molar-refractivity contribution in [1.29, 1.82) is 0 Å². The molecule has 2 aliphatic rings. The topological polar surface area (TPSA) is 74.3 Å². The van der Waals surface area contributed by atoms with Gasteiger partial charge in [0.1, 0.15) is 0 Å². The third-order valence-corrected chi connectivity index (χ3v) is 6.10. The number of piperidine rings is 1. The summed E-state index contributed by atoms with van der Waals surface area (Å²) in [6, 6.07) is 0. The van der Waals surface area contributed by atoms with Crippen LogP contribution in [0.5, 0.6) is 0 Å². The number of halogens is 2. The number of nitrogens with zero attached hydrogens (tertiary/aromatic N) is 2. The van der Waals surface area contributed by atoms with Gasteiger partial charge < -0.3 is 15.5 Å². The number of thiazole rings is 1. The van der Waals surface area contributed by atoms with Crippen LogP contribution in [0.15, 0.2) is 5.38 Å². The summed E-state index contributed by atoms with van der Waals surface area (Å²) in [5.41, 5.74) is 0.699. The van der Waals surface area contributed by atoms with Crippen molar-refractivity contribution in [2.24, 2.45) is 10.8 Å². The molecule has 1 aromatic rings. The van der Waals surface area contributed by atoms with Gasteiger partial charge in [-0.1, -0.05) is 20.8 Å². The minimum atomic E-state index is -0.458. The second-order valence-electron chi connectivity index (χ2n) is 8.33. The van der Waals surface area contributed by atoms with Crippen LogP contribution in [-0.2, 0) is 16.0 Å². The average molecular weight is 437 g/mol. The minimum absolute atomic E-state index is 0. The smallest absolute Gasteiger partial charge is 0.231 e. The van der Waals surface area contributed by atoms with Crippen LogP contribution >= 0.6 is 36.2 Å². The summed E-state index contributed by atoms with van der Waals surface area (Å²) in [7, 11) is 0. The molecule has 0 aliphatic carbocycles. The van der Waals surface area contributed by atoms with E-state index in [1.54, 1.807) is 0 Å². The number of aromatic nitrogens is 1. The molecule has 27 heavy (non-hydrogen) atoms. The van der Waals surface area contributed by atoms with Crippen molar-refractivity contribution in [3.05, 3.63) is 11.1 Å². The van der Waals surface area contributed by atoms with Crippen molar-refractivity contribution in [3.8, 4) is 0 Å². The van der Waals surface area contributed by atoms with Gasteiger partial charge in [-0.3, -0.25) is 9.59 Å².